The summed E-state index contributed by atoms with van der Waals surface area (Å²) in [5, 5.41) is 9.30. The third-order valence-corrected chi connectivity index (χ3v) is 2.46. The Morgan fingerprint density at radius 1 is 1.62 bits per heavy atom. The van der Waals surface area contributed by atoms with Crippen LogP contribution in [0.2, 0.25) is 0 Å². The van der Waals surface area contributed by atoms with E-state index >= 15 is 0 Å². The van der Waals surface area contributed by atoms with Crippen LogP contribution in [-0.4, -0.2) is 10.1 Å². The summed E-state index contributed by atoms with van der Waals surface area (Å²) < 4.78 is 24.6. The molecular weight excluding hydrogens is 314 g/mol. The van der Waals surface area contributed by atoms with Gasteiger partial charge in [-0.25, -0.2) is 13.8 Å². The number of nitrogens with zero attached hydrogens (tertiary/aromatic N) is 1. The fraction of sp³-hybridized carbons (Fsp3) is 0.286. The first-order chi connectivity index (χ1) is 6.06. The second-order valence-corrected chi connectivity index (χ2v) is 3.57. The van der Waals surface area contributed by atoms with Crippen molar-refractivity contribution in [1.82, 2.24) is 4.98 Å². The fourth-order valence-electron chi connectivity index (χ4n) is 0.792. The van der Waals surface area contributed by atoms with Crippen LogP contribution in [0, 0.1) is 3.70 Å². The molecule has 0 aliphatic rings. The molecule has 0 atom stereocenters. The maximum absolute atomic E-state index is 12.2. The van der Waals surface area contributed by atoms with Crippen LogP contribution in [0.5, 0.6) is 5.75 Å². The van der Waals surface area contributed by atoms with E-state index in [1.54, 1.807) is 22.6 Å². The van der Waals surface area contributed by atoms with Gasteiger partial charge in [-0.15, -0.1) is 11.6 Å². The van der Waals surface area contributed by atoms with E-state index < -0.39 is 6.43 Å². The number of alkyl halides is 3. The summed E-state index contributed by atoms with van der Waals surface area (Å²) in [7, 11) is 0. The van der Waals surface area contributed by atoms with Gasteiger partial charge in [0.05, 0.1) is 5.88 Å². The third kappa shape index (κ3) is 2.40. The maximum Gasteiger partial charge on any atom is 0.280 e. The zero-order valence-electron chi connectivity index (χ0n) is 6.27. The number of rotatable bonds is 2. The standard InChI is InChI=1S/C7H5ClF2INO/c8-2-3-1-4(6(9)10)12-7(11)5(3)13/h1,6,13H,2H2. The van der Waals surface area contributed by atoms with Gasteiger partial charge in [-0.1, -0.05) is 0 Å². The Morgan fingerprint density at radius 3 is 2.69 bits per heavy atom. The second-order valence-electron chi connectivity index (χ2n) is 2.28. The second kappa shape index (κ2) is 4.36. The monoisotopic (exact) mass is 319 g/mol. The predicted molar refractivity (Wildman–Crippen MR) is 53.1 cm³/mol. The van der Waals surface area contributed by atoms with Crippen molar-refractivity contribution in [2.75, 3.05) is 0 Å². The molecule has 6 heteroatoms. The highest BCUT2D eigenvalue weighted by Gasteiger charge is 2.14. The van der Waals surface area contributed by atoms with Gasteiger partial charge >= 0.3 is 0 Å². The highest BCUT2D eigenvalue weighted by molar-refractivity contribution is 14.1. The minimum atomic E-state index is -2.64. The first-order valence-corrected chi connectivity index (χ1v) is 4.90. The number of halogens is 4. The molecule has 0 radical (unpaired) electrons. The molecule has 1 rings (SSSR count). The molecule has 0 bridgehead atoms. The van der Waals surface area contributed by atoms with Gasteiger partial charge in [-0.3, -0.25) is 0 Å². The van der Waals surface area contributed by atoms with Crippen LogP contribution in [0.4, 0.5) is 8.78 Å². The molecule has 0 aliphatic heterocycles. The van der Waals surface area contributed by atoms with Crippen LogP contribution in [-0.2, 0) is 5.88 Å². The van der Waals surface area contributed by atoms with E-state index in [1.807, 2.05) is 0 Å². The lowest BCUT2D eigenvalue weighted by molar-refractivity contribution is 0.145. The molecule has 1 N–H and O–H groups in total. The van der Waals surface area contributed by atoms with Crippen LogP contribution in [0.3, 0.4) is 0 Å². The van der Waals surface area contributed by atoms with Crippen molar-refractivity contribution < 1.29 is 13.9 Å². The topological polar surface area (TPSA) is 33.1 Å². The van der Waals surface area contributed by atoms with Gasteiger partial charge in [0.2, 0.25) is 0 Å². The van der Waals surface area contributed by atoms with Crippen LogP contribution in [0.25, 0.3) is 0 Å². The Hall–Kier alpha value is -0.170. The van der Waals surface area contributed by atoms with E-state index in [2.05, 4.69) is 4.98 Å². The number of hydrogen-bond donors (Lipinski definition) is 1. The largest absolute Gasteiger partial charge is 0.505 e. The molecule has 0 saturated carbocycles. The van der Waals surface area contributed by atoms with Crippen LogP contribution >= 0.6 is 34.2 Å². The van der Waals surface area contributed by atoms with Gasteiger partial charge in [0.15, 0.2) is 5.75 Å². The average molecular weight is 319 g/mol. The smallest absolute Gasteiger partial charge is 0.280 e. The van der Waals surface area contributed by atoms with Crippen LogP contribution in [0.15, 0.2) is 6.07 Å². The lowest BCUT2D eigenvalue weighted by atomic mass is 10.2. The fourth-order valence-corrected chi connectivity index (χ4v) is 1.62. The molecule has 1 aromatic rings. The first-order valence-electron chi connectivity index (χ1n) is 3.28. The van der Waals surface area contributed by atoms with E-state index in [-0.39, 0.29) is 26.6 Å². The zero-order valence-corrected chi connectivity index (χ0v) is 9.18. The number of aromatic nitrogens is 1. The summed E-state index contributed by atoms with van der Waals surface area (Å²) in [5.41, 5.74) is -0.0887. The number of pyridine rings is 1. The molecule has 72 valence electrons. The molecule has 0 spiro atoms. The van der Waals surface area contributed by atoms with Crippen molar-refractivity contribution in [2.24, 2.45) is 0 Å². The molecule has 2 nitrogen and oxygen atoms in total. The zero-order chi connectivity index (χ0) is 10.0. The van der Waals surface area contributed by atoms with E-state index in [0.29, 0.717) is 0 Å². The van der Waals surface area contributed by atoms with Gasteiger partial charge in [0, 0.05) is 5.56 Å². The van der Waals surface area contributed by atoms with Crippen molar-refractivity contribution in [3.8, 4) is 5.75 Å². The summed E-state index contributed by atoms with van der Waals surface area (Å²) in [6, 6.07) is 1.11. The van der Waals surface area contributed by atoms with E-state index in [4.69, 9.17) is 11.6 Å². The van der Waals surface area contributed by atoms with E-state index in [1.165, 1.54) is 0 Å². The van der Waals surface area contributed by atoms with Crippen molar-refractivity contribution >= 4 is 34.2 Å². The molecule has 0 aliphatic carbocycles. The summed E-state index contributed by atoms with van der Waals surface area (Å²) in [6.45, 7) is 0. The number of aromatic hydroxyl groups is 1. The first kappa shape index (κ1) is 10.9. The normalized spacial score (nSPS) is 10.8. The van der Waals surface area contributed by atoms with Gasteiger partial charge in [-0.2, -0.15) is 0 Å². The quantitative estimate of drug-likeness (QED) is 0.516. The van der Waals surface area contributed by atoms with E-state index in [0.717, 1.165) is 6.07 Å². The number of hydrogen-bond acceptors (Lipinski definition) is 2. The lowest BCUT2D eigenvalue weighted by Crippen LogP contribution is -1.96. The van der Waals surface area contributed by atoms with Gasteiger partial charge < -0.3 is 5.11 Å². The SMILES string of the molecule is Oc1c(CCl)cc(C(F)F)nc1I. The van der Waals surface area contributed by atoms with E-state index in [9.17, 15) is 13.9 Å². The van der Waals surface area contributed by atoms with Crippen LogP contribution in [0.1, 0.15) is 17.7 Å². The van der Waals surface area contributed by atoms with Gasteiger partial charge in [0.1, 0.15) is 9.39 Å². The summed E-state index contributed by atoms with van der Waals surface area (Å²) in [6.07, 6.45) is -2.64. The van der Waals surface area contributed by atoms with Gasteiger partial charge in [-0.05, 0) is 28.7 Å². The summed E-state index contributed by atoms with van der Waals surface area (Å²) >= 11 is 7.12. The Morgan fingerprint density at radius 2 is 2.23 bits per heavy atom. The van der Waals surface area contributed by atoms with Crippen molar-refractivity contribution in [1.29, 1.82) is 0 Å². The highest BCUT2D eigenvalue weighted by atomic mass is 127. The molecule has 13 heavy (non-hydrogen) atoms. The Balaban J connectivity index is 3.22. The van der Waals surface area contributed by atoms with Crippen molar-refractivity contribution in [2.45, 2.75) is 12.3 Å². The molecule has 0 unspecified atom stereocenters. The van der Waals surface area contributed by atoms with Crippen molar-refractivity contribution in [3.63, 3.8) is 0 Å². The van der Waals surface area contributed by atoms with Gasteiger partial charge in [0.25, 0.3) is 6.43 Å². The molecule has 1 aromatic heterocycles. The molecule has 0 amide bonds. The van der Waals surface area contributed by atoms with Crippen molar-refractivity contribution in [3.05, 3.63) is 21.0 Å². The summed E-state index contributed by atoms with van der Waals surface area (Å²) in [4.78, 5) is 3.51. The van der Waals surface area contributed by atoms with Crippen LogP contribution < -0.4 is 0 Å². The Bertz CT molecular complexity index is 322. The molecule has 0 saturated heterocycles. The maximum atomic E-state index is 12.2. The minimum absolute atomic E-state index is 0.00985. The summed E-state index contributed by atoms with van der Waals surface area (Å²) in [5.74, 6) is -0.135. The molecule has 0 fully saturated rings. The minimum Gasteiger partial charge on any atom is -0.505 e. The highest BCUT2D eigenvalue weighted by Crippen LogP contribution is 2.28. The third-order valence-electron chi connectivity index (χ3n) is 1.42. The molecular formula is C7H5ClF2INO. The lowest BCUT2D eigenvalue weighted by Gasteiger charge is -2.05. The predicted octanol–water partition coefficient (Wildman–Crippen LogP) is 3.07. The Kier molecular flexibility index (Phi) is 3.66. The Labute approximate surface area is 92.1 Å². The average Bonchev–Trinajstić information content (AvgIpc) is 2.09. The molecule has 1 heterocycles. The molecule has 0 aromatic carbocycles.